The zero-order chi connectivity index (χ0) is 46.5. The average molecular weight is 929 g/mol. The largest absolute Gasteiger partial charge is 0.382 e. The summed E-state index contributed by atoms with van der Waals surface area (Å²) in [5, 5.41) is 19.8. The zero-order valence-corrected chi connectivity index (χ0v) is 40.0. The molecule has 0 amide bonds. The Balaban J connectivity index is 1.63. The molecule has 0 N–H and O–H groups in total. The molecule has 0 saturated carbocycles. The lowest BCUT2D eigenvalue weighted by atomic mass is 9.87. The number of nitrogens with zero attached hydrogens (tertiary/aromatic N) is 12. The van der Waals surface area contributed by atoms with Crippen molar-refractivity contribution in [3.8, 4) is 0 Å². The lowest BCUT2D eigenvalue weighted by Gasteiger charge is -2.24. The van der Waals surface area contributed by atoms with Gasteiger partial charge < -0.3 is 56.8 Å². The van der Waals surface area contributed by atoms with Gasteiger partial charge in [-0.3, -0.25) is 0 Å². The van der Waals surface area contributed by atoms with E-state index in [1.165, 1.54) is 0 Å². The second-order valence-electron chi connectivity index (χ2n) is 15.5. The van der Waals surface area contributed by atoms with E-state index in [0.717, 1.165) is 22.8 Å². The van der Waals surface area contributed by atoms with E-state index in [1.807, 2.05) is 90.4 Å². The Morgan fingerprint density at radius 2 is 0.538 bits per heavy atom. The number of ether oxygens (including phenoxy) is 12. The van der Waals surface area contributed by atoms with Gasteiger partial charge in [-0.1, -0.05) is 0 Å². The predicted octanol–water partition coefficient (Wildman–Crippen LogP) is -2.42. The van der Waals surface area contributed by atoms with Gasteiger partial charge in [0.2, 0.25) is 0 Å². The van der Waals surface area contributed by atoms with Crippen LogP contribution in [0.15, 0.2) is 24.8 Å². The number of aromatic nitrogens is 12. The van der Waals surface area contributed by atoms with Crippen molar-refractivity contribution in [2.75, 3.05) is 134 Å². The van der Waals surface area contributed by atoms with E-state index in [0.29, 0.717) is 158 Å². The highest BCUT2D eigenvalue weighted by Gasteiger charge is 2.45. The van der Waals surface area contributed by atoms with E-state index in [1.54, 1.807) is 28.4 Å². The molecule has 65 heavy (non-hydrogen) atoms. The van der Waals surface area contributed by atoms with Crippen LogP contribution in [-0.2, 0) is 138 Å². The lowest BCUT2D eigenvalue weighted by molar-refractivity contribution is -0.863. The predicted molar refractivity (Wildman–Crippen MR) is 225 cm³/mol. The van der Waals surface area contributed by atoms with Crippen molar-refractivity contribution in [2.24, 2.45) is 33.6 Å². The van der Waals surface area contributed by atoms with Crippen LogP contribution in [0.3, 0.4) is 0 Å². The van der Waals surface area contributed by atoms with Gasteiger partial charge in [0.15, 0.2) is 47.6 Å². The molecule has 0 spiro atoms. The van der Waals surface area contributed by atoms with Crippen LogP contribution in [0.1, 0.15) is 22.8 Å². The van der Waals surface area contributed by atoms with Crippen molar-refractivity contribution in [1.29, 1.82) is 0 Å². The molecule has 4 aromatic rings. The highest BCUT2D eigenvalue weighted by atomic mass is 16.6. The molecule has 0 aliphatic heterocycles. The molecule has 4 heterocycles. The molecule has 0 aliphatic rings. The van der Waals surface area contributed by atoms with Crippen LogP contribution in [0.2, 0.25) is 0 Å². The molecule has 24 heteroatoms. The zero-order valence-electron chi connectivity index (χ0n) is 40.0. The van der Waals surface area contributed by atoms with Crippen LogP contribution >= 0.6 is 0 Å². The fraction of sp³-hybridized carbons (Fsp3) is 0.805. The molecular weight excluding hydrogens is 853 g/mol. The molecule has 0 radical (unpaired) electrons. The molecule has 0 unspecified atom stereocenters. The summed E-state index contributed by atoms with van der Waals surface area (Å²) in [6, 6.07) is 0. The van der Waals surface area contributed by atoms with Gasteiger partial charge in [0.05, 0.1) is 127 Å². The van der Waals surface area contributed by atoms with Gasteiger partial charge in [-0.05, 0) is 0 Å². The minimum absolute atomic E-state index is 0.360. The molecule has 368 valence electrons. The van der Waals surface area contributed by atoms with Crippen LogP contribution < -0.4 is 18.7 Å². The summed E-state index contributed by atoms with van der Waals surface area (Å²) in [6.07, 6.45) is 8.08. The average Bonchev–Trinajstić information content (AvgIpc) is 4.02. The quantitative estimate of drug-likeness (QED) is 0.0337. The van der Waals surface area contributed by atoms with Crippen molar-refractivity contribution in [1.82, 2.24) is 39.6 Å². The fourth-order valence-electron chi connectivity index (χ4n) is 6.71. The maximum atomic E-state index is 5.99. The van der Waals surface area contributed by atoms with Gasteiger partial charge >= 0.3 is 0 Å². The molecule has 4 rings (SSSR count). The monoisotopic (exact) mass is 929 g/mol. The third-order valence-corrected chi connectivity index (χ3v) is 10.1. The summed E-state index contributed by atoms with van der Waals surface area (Å²) in [7, 11) is 14.3. The standard InChI is InChI=1S/C41H76N12O12/c1-46-37(29-62-21-17-58-13-9-54-5)25-50(42-46)33-41(34-51-26-38(47(2)43-51)30-63-22-18-59-14-10-55-6,35-52-27-39(48(3)44-52)31-64-23-19-60-15-11-56-7)36-53-28-40(49(4)45-53)32-65-24-20-61-16-12-57-8/h25-28H,9-24,29-36H2,1-8H3/q+4. The maximum absolute atomic E-state index is 5.99. The van der Waals surface area contributed by atoms with Gasteiger partial charge in [-0.15, -0.1) is 37.5 Å². The fourth-order valence-corrected chi connectivity index (χ4v) is 6.71. The van der Waals surface area contributed by atoms with Crippen LogP contribution in [0, 0.1) is 5.41 Å². The van der Waals surface area contributed by atoms with E-state index < -0.39 is 5.41 Å². The Kier molecular flexibility index (Phi) is 25.7. The first-order valence-corrected chi connectivity index (χ1v) is 22.0. The molecule has 0 atom stereocenters. The summed E-state index contributed by atoms with van der Waals surface area (Å²) in [4.78, 5) is 0. The summed E-state index contributed by atoms with van der Waals surface area (Å²) in [5.74, 6) is 0. The molecule has 0 saturated heterocycles. The van der Waals surface area contributed by atoms with Crippen molar-refractivity contribution in [3.05, 3.63) is 47.6 Å². The maximum Gasteiger partial charge on any atom is 0.192 e. The SMILES string of the molecule is COCCOCCOCc1c[n+](CC(C[n+]2cc(COCCOCCOC)n(C)n2)(C[n+]2cc(COCCOCCOC)n(C)n2)C[n+]2cc(COCCOCCOC)n(C)n2)nn1C. The summed E-state index contributed by atoms with van der Waals surface area (Å²) in [5.41, 5.74) is 2.97. The van der Waals surface area contributed by atoms with Crippen LogP contribution in [0.25, 0.3) is 0 Å². The summed E-state index contributed by atoms with van der Waals surface area (Å²) >= 11 is 0. The van der Waals surface area contributed by atoms with Crippen molar-refractivity contribution < 1.29 is 75.6 Å². The first kappa shape index (κ1) is 53.7. The molecule has 24 nitrogen and oxygen atoms in total. The minimum atomic E-state index is -0.642. The van der Waals surface area contributed by atoms with Gasteiger partial charge in [0.25, 0.3) is 0 Å². The Morgan fingerprint density at radius 3 is 0.754 bits per heavy atom. The van der Waals surface area contributed by atoms with E-state index in [2.05, 4.69) is 0 Å². The van der Waals surface area contributed by atoms with Gasteiger partial charge in [-0.25, -0.2) is 0 Å². The van der Waals surface area contributed by atoms with Crippen molar-refractivity contribution >= 4 is 0 Å². The number of hydrogen-bond acceptors (Lipinski definition) is 16. The van der Waals surface area contributed by atoms with E-state index in [9.17, 15) is 0 Å². The number of methoxy groups -OCH3 is 4. The third kappa shape index (κ3) is 20.2. The second-order valence-corrected chi connectivity index (χ2v) is 15.5. The minimum Gasteiger partial charge on any atom is -0.382 e. The number of hydrogen-bond donors (Lipinski definition) is 0. The highest BCUT2D eigenvalue weighted by Crippen LogP contribution is 2.21. The molecule has 0 aromatic carbocycles. The van der Waals surface area contributed by atoms with Crippen molar-refractivity contribution in [3.63, 3.8) is 0 Å². The molecule has 4 aromatic heterocycles. The Bertz CT molecular complexity index is 1590. The lowest BCUT2D eigenvalue weighted by Crippen LogP contribution is -2.64. The highest BCUT2D eigenvalue weighted by molar-refractivity contribution is 4.90. The van der Waals surface area contributed by atoms with E-state index in [-0.39, 0.29) is 0 Å². The third-order valence-electron chi connectivity index (χ3n) is 10.1. The van der Waals surface area contributed by atoms with Gasteiger partial charge in [-0.2, -0.15) is 0 Å². The van der Waals surface area contributed by atoms with Gasteiger partial charge in [0, 0.05) is 28.4 Å². The van der Waals surface area contributed by atoms with E-state index in [4.69, 9.17) is 77.7 Å². The molecule has 0 bridgehead atoms. The number of aryl methyl sites for hydroxylation is 4. The summed E-state index contributed by atoms with van der Waals surface area (Å²) < 4.78 is 81.8. The Morgan fingerprint density at radius 1 is 0.338 bits per heavy atom. The van der Waals surface area contributed by atoms with Crippen LogP contribution in [-0.4, -0.2) is 174 Å². The number of rotatable bonds is 40. The first-order chi connectivity index (χ1) is 31.7. The Hall–Kier alpha value is -3.92. The molecule has 0 fully saturated rings. The van der Waals surface area contributed by atoms with E-state index >= 15 is 0 Å². The normalized spacial score (nSPS) is 12.1. The topological polar surface area (TPSA) is 198 Å². The smallest absolute Gasteiger partial charge is 0.192 e. The summed E-state index contributed by atoms with van der Waals surface area (Å²) in [6.45, 7) is 11.1. The molecule has 0 aliphatic carbocycles. The van der Waals surface area contributed by atoms with Crippen LogP contribution in [0.5, 0.6) is 0 Å². The second kappa shape index (κ2) is 31.1. The van der Waals surface area contributed by atoms with Gasteiger partial charge in [0.1, 0.15) is 86.2 Å². The van der Waals surface area contributed by atoms with Crippen LogP contribution in [0.4, 0.5) is 0 Å². The first-order valence-electron chi connectivity index (χ1n) is 22.0. The molecular formula is C41H76N12O12+4. The van der Waals surface area contributed by atoms with Crippen molar-refractivity contribution in [2.45, 2.75) is 52.6 Å². The Labute approximate surface area is 382 Å².